The van der Waals surface area contributed by atoms with Crippen LogP contribution in [0.4, 0.5) is 0 Å². The maximum absolute atomic E-state index is 4.10. The molecule has 0 aromatic heterocycles. The first kappa shape index (κ1) is 8.25. The molecule has 0 saturated heterocycles. The van der Waals surface area contributed by atoms with Crippen LogP contribution in [0.1, 0.15) is 32.6 Å². The fourth-order valence-corrected chi connectivity index (χ4v) is 1.31. The molecule has 1 rings (SSSR count). The van der Waals surface area contributed by atoms with Gasteiger partial charge in [-0.15, -0.1) is 0 Å². The van der Waals surface area contributed by atoms with E-state index in [4.69, 9.17) is 0 Å². The fourth-order valence-electron chi connectivity index (χ4n) is 1.31. The number of aliphatic imine (C=N–C) groups is 1. The standard InChI is InChI=1S/C10H15N/c1-3-11-8-10-7-5-4-6-9(10)2/h3,8H,2,4-7H2,1H3/b10-8-,11-3-. The molecule has 1 nitrogen and oxygen atoms in total. The number of hydrogen-bond acceptors (Lipinski definition) is 1. The lowest BCUT2D eigenvalue weighted by atomic mass is 9.91. The molecule has 0 spiro atoms. The Bertz CT molecular complexity index is 199. The molecule has 0 heterocycles. The van der Waals surface area contributed by atoms with E-state index in [0.717, 1.165) is 12.8 Å². The van der Waals surface area contributed by atoms with Crippen molar-refractivity contribution in [1.29, 1.82) is 0 Å². The van der Waals surface area contributed by atoms with Gasteiger partial charge in [-0.2, -0.15) is 0 Å². The smallest absolute Gasteiger partial charge is 0.0298 e. The Morgan fingerprint density at radius 3 is 2.73 bits per heavy atom. The zero-order valence-electron chi connectivity index (χ0n) is 7.14. The number of hydrogen-bond donors (Lipinski definition) is 0. The van der Waals surface area contributed by atoms with Crippen LogP contribution in [0.3, 0.4) is 0 Å². The minimum Gasteiger partial charge on any atom is -0.269 e. The van der Waals surface area contributed by atoms with E-state index in [1.807, 2.05) is 19.3 Å². The monoisotopic (exact) mass is 149 g/mol. The molecule has 0 aromatic rings. The quantitative estimate of drug-likeness (QED) is 0.508. The molecular formula is C10H15N. The summed E-state index contributed by atoms with van der Waals surface area (Å²) in [5, 5.41) is 0. The summed E-state index contributed by atoms with van der Waals surface area (Å²) in [6, 6.07) is 0. The van der Waals surface area contributed by atoms with Crippen LogP contribution < -0.4 is 0 Å². The lowest BCUT2D eigenvalue weighted by Crippen LogP contribution is -1.96. The maximum Gasteiger partial charge on any atom is 0.0298 e. The molecule has 0 radical (unpaired) electrons. The fraction of sp³-hybridized carbons (Fsp3) is 0.500. The predicted molar refractivity (Wildman–Crippen MR) is 49.9 cm³/mol. The van der Waals surface area contributed by atoms with Crippen molar-refractivity contribution in [2.45, 2.75) is 32.6 Å². The first-order valence-electron chi connectivity index (χ1n) is 4.19. The van der Waals surface area contributed by atoms with Crippen LogP contribution in [0.2, 0.25) is 0 Å². The minimum atomic E-state index is 1.16. The van der Waals surface area contributed by atoms with Crippen molar-refractivity contribution < 1.29 is 0 Å². The van der Waals surface area contributed by atoms with Crippen LogP contribution in [0.15, 0.2) is 28.9 Å². The van der Waals surface area contributed by atoms with Gasteiger partial charge in [-0.25, -0.2) is 0 Å². The van der Waals surface area contributed by atoms with Crippen LogP contribution in [-0.2, 0) is 0 Å². The summed E-state index contributed by atoms with van der Waals surface area (Å²) in [6.07, 6.45) is 8.67. The SMILES string of the molecule is C=C1CCCC/C1=C/N=C\C. The molecule has 1 saturated carbocycles. The van der Waals surface area contributed by atoms with E-state index < -0.39 is 0 Å². The Morgan fingerprint density at radius 2 is 2.09 bits per heavy atom. The summed E-state index contributed by atoms with van der Waals surface area (Å²) < 4.78 is 0. The molecule has 0 unspecified atom stereocenters. The van der Waals surface area contributed by atoms with Crippen LogP contribution in [0.25, 0.3) is 0 Å². The molecule has 0 amide bonds. The van der Waals surface area contributed by atoms with E-state index in [1.54, 1.807) is 0 Å². The molecule has 0 aromatic carbocycles. The van der Waals surface area contributed by atoms with Gasteiger partial charge in [-0.05, 0) is 38.2 Å². The summed E-state index contributed by atoms with van der Waals surface area (Å²) in [5.41, 5.74) is 2.62. The van der Waals surface area contributed by atoms with Crippen molar-refractivity contribution in [1.82, 2.24) is 0 Å². The summed E-state index contributed by atoms with van der Waals surface area (Å²) in [5.74, 6) is 0. The average molecular weight is 149 g/mol. The van der Waals surface area contributed by atoms with Gasteiger partial charge in [0.25, 0.3) is 0 Å². The topological polar surface area (TPSA) is 12.4 Å². The first-order valence-corrected chi connectivity index (χ1v) is 4.19. The van der Waals surface area contributed by atoms with Gasteiger partial charge in [-0.3, -0.25) is 4.99 Å². The van der Waals surface area contributed by atoms with E-state index in [-0.39, 0.29) is 0 Å². The minimum absolute atomic E-state index is 1.16. The van der Waals surface area contributed by atoms with E-state index in [2.05, 4.69) is 11.6 Å². The molecule has 1 fully saturated rings. The van der Waals surface area contributed by atoms with E-state index in [1.165, 1.54) is 24.0 Å². The van der Waals surface area contributed by atoms with Gasteiger partial charge in [-0.1, -0.05) is 12.2 Å². The normalized spacial score (nSPS) is 23.4. The second-order valence-electron chi connectivity index (χ2n) is 2.87. The number of rotatable bonds is 1. The third kappa shape index (κ3) is 2.34. The highest BCUT2D eigenvalue weighted by Crippen LogP contribution is 2.26. The highest BCUT2D eigenvalue weighted by molar-refractivity contribution is 5.54. The molecule has 0 aliphatic heterocycles. The van der Waals surface area contributed by atoms with Gasteiger partial charge in [0.05, 0.1) is 0 Å². The molecule has 60 valence electrons. The lowest BCUT2D eigenvalue weighted by molar-refractivity contribution is 0.679. The van der Waals surface area contributed by atoms with E-state index >= 15 is 0 Å². The van der Waals surface area contributed by atoms with Gasteiger partial charge in [0, 0.05) is 12.4 Å². The van der Waals surface area contributed by atoms with Crippen molar-refractivity contribution in [3.05, 3.63) is 23.9 Å². The largest absolute Gasteiger partial charge is 0.269 e. The van der Waals surface area contributed by atoms with Gasteiger partial charge in [0.15, 0.2) is 0 Å². The van der Waals surface area contributed by atoms with Gasteiger partial charge in [0.2, 0.25) is 0 Å². The highest BCUT2D eigenvalue weighted by atomic mass is 14.7. The summed E-state index contributed by atoms with van der Waals surface area (Å²) >= 11 is 0. The zero-order chi connectivity index (χ0) is 8.10. The Hall–Kier alpha value is -0.850. The van der Waals surface area contributed by atoms with Gasteiger partial charge < -0.3 is 0 Å². The third-order valence-electron chi connectivity index (χ3n) is 2.01. The van der Waals surface area contributed by atoms with Gasteiger partial charge >= 0.3 is 0 Å². The first-order chi connectivity index (χ1) is 5.34. The summed E-state index contributed by atoms with van der Waals surface area (Å²) in [4.78, 5) is 4.10. The Labute approximate surface area is 68.5 Å². The molecule has 0 bridgehead atoms. The maximum atomic E-state index is 4.10. The van der Waals surface area contributed by atoms with Crippen LogP contribution in [0, 0.1) is 0 Å². The molecule has 1 heteroatoms. The molecule has 0 N–H and O–H groups in total. The Kier molecular flexibility index (Phi) is 3.09. The molecular weight excluding hydrogens is 134 g/mol. The van der Waals surface area contributed by atoms with Crippen molar-refractivity contribution >= 4 is 6.21 Å². The Morgan fingerprint density at radius 1 is 1.36 bits per heavy atom. The number of nitrogens with zero attached hydrogens (tertiary/aromatic N) is 1. The van der Waals surface area contributed by atoms with E-state index in [0.29, 0.717) is 0 Å². The predicted octanol–water partition coefficient (Wildman–Crippen LogP) is 3.09. The van der Waals surface area contributed by atoms with Crippen molar-refractivity contribution in [3.8, 4) is 0 Å². The van der Waals surface area contributed by atoms with Gasteiger partial charge in [0.1, 0.15) is 0 Å². The summed E-state index contributed by atoms with van der Waals surface area (Å²) in [6.45, 7) is 5.94. The average Bonchev–Trinajstić information content (AvgIpc) is 2.03. The van der Waals surface area contributed by atoms with Crippen molar-refractivity contribution in [3.63, 3.8) is 0 Å². The molecule has 0 atom stereocenters. The van der Waals surface area contributed by atoms with Crippen molar-refractivity contribution in [2.75, 3.05) is 0 Å². The molecule has 1 aliphatic carbocycles. The molecule has 11 heavy (non-hydrogen) atoms. The van der Waals surface area contributed by atoms with Crippen LogP contribution in [-0.4, -0.2) is 6.21 Å². The van der Waals surface area contributed by atoms with E-state index in [9.17, 15) is 0 Å². The lowest BCUT2D eigenvalue weighted by Gasteiger charge is -2.15. The zero-order valence-corrected chi connectivity index (χ0v) is 7.14. The van der Waals surface area contributed by atoms with Crippen molar-refractivity contribution in [2.24, 2.45) is 4.99 Å². The highest BCUT2D eigenvalue weighted by Gasteiger charge is 2.08. The second kappa shape index (κ2) is 4.12. The van der Waals surface area contributed by atoms with Crippen LogP contribution >= 0.6 is 0 Å². The molecule has 1 aliphatic rings. The van der Waals surface area contributed by atoms with Crippen LogP contribution in [0.5, 0.6) is 0 Å². The Balaban J connectivity index is 2.61. The number of allylic oxidation sites excluding steroid dienone is 2. The second-order valence-corrected chi connectivity index (χ2v) is 2.87. The summed E-state index contributed by atoms with van der Waals surface area (Å²) in [7, 11) is 0. The third-order valence-corrected chi connectivity index (χ3v) is 2.01.